The monoisotopic (exact) mass is 267 g/mol. The Labute approximate surface area is 114 Å². The van der Waals surface area contributed by atoms with Crippen LogP contribution in [0.3, 0.4) is 0 Å². The standard InChI is InChI=1S/C14H25N3O2/c1-2-11(5-8-15)3-4-13-16-14(17-19-13)12-6-9-18-10-7-12/h11-12H,2-10,15H2,1H3. The summed E-state index contributed by atoms with van der Waals surface area (Å²) in [7, 11) is 0. The minimum absolute atomic E-state index is 0.414. The summed E-state index contributed by atoms with van der Waals surface area (Å²) in [5, 5.41) is 4.12. The SMILES string of the molecule is CCC(CCN)CCc1nc(C2CCOCC2)no1. The zero-order valence-corrected chi connectivity index (χ0v) is 11.8. The first-order chi connectivity index (χ1) is 9.33. The molecule has 1 fully saturated rings. The van der Waals surface area contributed by atoms with Crippen molar-refractivity contribution in [3.8, 4) is 0 Å². The van der Waals surface area contributed by atoms with Gasteiger partial charge in [-0.1, -0.05) is 18.5 Å². The van der Waals surface area contributed by atoms with Crippen molar-refractivity contribution < 1.29 is 9.26 Å². The quantitative estimate of drug-likeness (QED) is 0.820. The Morgan fingerprint density at radius 1 is 1.32 bits per heavy atom. The molecule has 5 heteroatoms. The van der Waals surface area contributed by atoms with Gasteiger partial charge in [0.2, 0.25) is 5.89 Å². The van der Waals surface area contributed by atoms with E-state index >= 15 is 0 Å². The summed E-state index contributed by atoms with van der Waals surface area (Å²) in [5.74, 6) is 2.72. The maximum absolute atomic E-state index is 5.61. The van der Waals surface area contributed by atoms with Crippen molar-refractivity contribution in [2.75, 3.05) is 19.8 Å². The number of rotatable bonds is 7. The molecular weight excluding hydrogens is 242 g/mol. The summed E-state index contributed by atoms with van der Waals surface area (Å²) in [6.07, 6.45) is 6.21. The third-order valence-electron chi connectivity index (χ3n) is 3.99. The average Bonchev–Trinajstić information content (AvgIpc) is 2.93. The van der Waals surface area contributed by atoms with Crippen LogP contribution in [0.4, 0.5) is 0 Å². The first kappa shape index (κ1) is 14.5. The molecule has 2 N–H and O–H groups in total. The van der Waals surface area contributed by atoms with Crippen LogP contribution in [0.15, 0.2) is 4.52 Å². The molecule has 1 saturated heterocycles. The lowest BCUT2D eigenvalue weighted by Crippen LogP contribution is -2.15. The molecule has 0 spiro atoms. The van der Waals surface area contributed by atoms with Crippen molar-refractivity contribution in [1.82, 2.24) is 10.1 Å². The smallest absolute Gasteiger partial charge is 0.226 e. The van der Waals surface area contributed by atoms with E-state index in [1.807, 2.05) is 0 Å². The second kappa shape index (κ2) is 7.60. The van der Waals surface area contributed by atoms with Gasteiger partial charge in [-0.2, -0.15) is 4.98 Å². The first-order valence-corrected chi connectivity index (χ1v) is 7.43. The molecule has 1 aromatic rings. The van der Waals surface area contributed by atoms with Gasteiger partial charge in [0.05, 0.1) is 0 Å². The van der Waals surface area contributed by atoms with Crippen LogP contribution < -0.4 is 5.73 Å². The van der Waals surface area contributed by atoms with Crippen LogP contribution in [0.5, 0.6) is 0 Å². The van der Waals surface area contributed by atoms with E-state index in [0.717, 1.165) is 70.0 Å². The molecule has 0 radical (unpaired) electrons. The maximum atomic E-state index is 5.61. The molecule has 5 nitrogen and oxygen atoms in total. The molecule has 2 rings (SSSR count). The van der Waals surface area contributed by atoms with Crippen molar-refractivity contribution in [3.05, 3.63) is 11.7 Å². The Morgan fingerprint density at radius 2 is 2.11 bits per heavy atom. The van der Waals surface area contributed by atoms with Crippen molar-refractivity contribution in [2.24, 2.45) is 11.7 Å². The molecule has 0 saturated carbocycles. The lowest BCUT2D eigenvalue weighted by atomic mass is 9.96. The van der Waals surface area contributed by atoms with Crippen LogP contribution in [0.1, 0.15) is 56.7 Å². The normalized spacial score (nSPS) is 18.6. The largest absolute Gasteiger partial charge is 0.381 e. The number of nitrogens with zero attached hydrogens (tertiary/aromatic N) is 2. The van der Waals surface area contributed by atoms with Crippen molar-refractivity contribution in [1.29, 1.82) is 0 Å². The van der Waals surface area contributed by atoms with E-state index < -0.39 is 0 Å². The fourth-order valence-electron chi connectivity index (χ4n) is 2.61. The predicted molar refractivity (Wildman–Crippen MR) is 72.9 cm³/mol. The van der Waals surface area contributed by atoms with Crippen LogP contribution in [0.25, 0.3) is 0 Å². The molecule has 0 aliphatic carbocycles. The minimum Gasteiger partial charge on any atom is -0.381 e. The summed E-state index contributed by atoms with van der Waals surface area (Å²) in [6.45, 7) is 4.59. The van der Waals surface area contributed by atoms with Crippen LogP contribution in [0, 0.1) is 5.92 Å². The predicted octanol–water partition coefficient (Wildman–Crippen LogP) is 2.27. The van der Waals surface area contributed by atoms with Gasteiger partial charge < -0.3 is 15.0 Å². The van der Waals surface area contributed by atoms with Gasteiger partial charge in [-0.3, -0.25) is 0 Å². The summed E-state index contributed by atoms with van der Waals surface area (Å²) in [4.78, 5) is 4.54. The highest BCUT2D eigenvalue weighted by Crippen LogP contribution is 2.25. The lowest BCUT2D eigenvalue weighted by Gasteiger charge is -2.18. The molecule has 0 amide bonds. The van der Waals surface area contributed by atoms with Crippen LogP contribution >= 0.6 is 0 Å². The molecule has 0 bridgehead atoms. The highest BCUT2D eigenvalue weighted by atomic mass is 16.5. The second-order valence-corrected chi connectivity index (χ2v) is 5.32. The average molecular weight is 267 g/mol. The number of aromatic nitrogens is 2. The fraction of sp³-hybridized carbons (Fsp3) is 0.857. The van der Waals surface area contributed by atoms with Gasteiger partial charge in [-0.25, -0.2) is 0 Å². The maximum Gasteiger partial charge on any atom is 0.226 e. The van der Waals surface area contributed by atoms with Gasteiger partial charge >= 0.3 is 0 Å². The molecule has 1 aromatic heterocycles. The zero-order chi connectivity index (χ0) is 13.5. The fourth-order valence-corrected chi connectivity index (χ4v) is 2.61. The number of hydrogen-bond donors (Lipinski definition) is 1. The molecule has 1 aliphatic heterocycles. The van der Waals surface area contributed by atoms with Gasteiger partial charge in [-0.05, 0) is 38.1 Å². The Balaban J connectivity index is 1.82. The summed E-state index contributed by atoms with van der Waals surface area (Å²) in [6, 6.07) is 0. The van der Waals surface area contributed by atoms with E-state index in [-0.39, 0.29) is 0 Å². The molecule has 2 heterocycles. The molecule has 19 heavy (non-hydrogen) atoms. The number of aryl methyl sites for hydroxylation is 1. The molecule has 0 aromatic carbocycles. The molecule has 1 unspecified atom stereocenters. The first-order valence-electron chi connectivity index (χ1n) is 7.43. The summed E-state index contributed by atoms with van der Waals surface area (Å²) >= 11 is 0. The highest BCUT2D eigenvalue weighted by Gasteiger charge is 2.21. The van der Waals surface area contributed by atoms with Crippen molar-refractivity contribution in [3.63, 3.8) is 0 Å². The number of ether oxygens (including phenoxy) is 1. The number of hydrogen-bond acceptors (Lipinski definition) is 5. The van der Waals surface area contributed by atoms with E-state index in [1.54, 1.807) is 0 Å². The van der Waals surface area contributed by atoms with E-state index in [0.29, 0.717) is 11.8 Å². The van der Waals surface area contributed by atoms with Crippen LogP contribution in [0.2, 0.25) is 0 Å². The van der Waals surface area contributed by atoms with E-state index in [9.17, 15) is 0 Å². The number of nitrogens with two attached hydrogens (primary N) is 1. The third-order valence-corrected chi connectivity index (χ3v) is 3.99. The van der Waals surface area contributed by atoms with Gasteiger partial charge in [0.15, 0.2) is 5.82 Å². The minimum atomic E-state index is 0.414. The van der Waals surface area contributed by atoms with E-state index in [1.165, 1.54) is 0 Å². The Kier molecular flexibility index (Phi) is 5.79. The second-order valence-electron chi connectivity index (χ2n) is 5.32. The molecular formula is C14H25N3O2. The Bertz CT molecular complexity index is 361. The van der Waals surface area contributed by atoms with Crippen LogP contribution in [-0.2, 0) is 11.2 Å². The van der Waals surface area contributed by atoms with E-state index in [4.69, 9.17) is 15.0 Å². The molecule has 1 atom stereocenters. The topological polar surface area (TPSA) is 74.2 Å². The summed E-state index contributed by atoms with van der Waals surface area (Å²) in [5.41, 5.74) is 5.61. The zero-order valence-electron chi connectivity index (χ0n) is 11.8. The van der Waals surface area contributed by atoms with Crippen molar-refractivity contribution in [2.45, 2.75) is 51.4 Å². The van der Waals surface area contributed by atoms with Gasteiger partial charge in [0.1, 0.15) is 0 Å². The van der Waals surface area contributed by atoms with Gasteiger partial charge in [0, 0.05) is 25.6 Å². The highest BCUT2D eigenvalue weighted by molar-refractivity contribution is 4.96. The Hall–Kier alpha value is -0.940. The van der Waals surface area contributed by atoms with Gasteiger partial charge in [-0.15, -0.1) is 0 Å². The molecule has 1 aliphatic rings. The summed E-state index contributed by atoms with van der Waals surface area (Å²) < 4.78 is 10.7. The van der Waals surface area contributed by atoms with Crippen LogP contribution in [-0.4, -0.2) is 29.9 Å². The van der Waals surface area contributed by atoms with E-state index in [2.05, 4.69) is 17.1 Å². The molecule has 108 valence electrons. The Morgan fingerprint density at radius 3 is 2.79 bits per heavy atom. The van der Waals surface area contributed by atoms with Gasteiger partial charge in [0.25, 0.3) is 0 Å². The lowest BCUT2D eigenvalue weighted by molar-refractivity contribution is 0.0830. The third kappa shape index (κ3) is 4.28. The van der Waals surface area contributed by atoms with Crippen molar-refractivity contribution >= 4 is 0 Å².